The number of para-hydroxylation sites is 1. The Morgan fingerprint density at radius 3 is 2.95 bits per heavy atom. The third-order valence-electron chi connectivity index (χ3n) is 4.41. The molecule has 0 radical (unpaired) electrons. The van der Waals surface area contributed by atoms with Crippen molar-refractivity contribution in [2.24, 2.45) is 5.92 Å². The monoisotopic (exact) mass is 269 g/mol. The molecular weight excluding hydrogens is 250 g/mol. The fourth-order valence-electron chi connectivity index (χ4n) is 3.07. The lowest BCUT2D eigenvalue weighted by atomic mass is 10.0. The van der Waals surface area contributed by atoms with E-state index in [4.69, 9.17) is 4.74 Å². The van der Waals surface area contributed by atoms with Crippen molar-refractivity contribution in [3.05, 3.63) is 53.9 Å². The molecule has 1 N–H and O–H groups in total. The molecule has 1 aromatic carbocycles. The van der Waals surface area contributed by atoms with Crippen LogP contribution in [0.1, 0.15) is 36.0 Å². The van der Waals surface area contributed by atoms with Crippen molar-refractivity contribution < 1.29 is 9.84 Å². The van der Waals surface area contributed by atoms with Gasteiger partial charge < -0.3 is 14.4 Å². The minimum atomic E-state index is -0.275. The Bertz CT molecular complexity index is 615. The van der Waals surface area contributed by atoms with E-state index < -0.39 is 0 Å². The second kappa shape index (κ2) is 4.67. The van der Waals surface area contributed by atoms with Crippen LogP contribution in [0.3, 0.4) is 0 Å². The van der Waals surface area contributed by atoms with Crippen molar-refractivity contribution in [1.29, 1.82) is 0 Å². The van der Waals surface area contributed by atoms with Gasteiger partial charge in [-0.05, 0) is 36.5 Å². The van der Waals surface area contributed by atoms with Gasteiger partial charge in [0.15, 0.2) is 0 Å². The van der Waals surface area contributed by atoms with Crippen molar-refractivity contribution in [1.82, 2.24) is 4.57 Å². The molecule has 3 heteroatoms. The predicted octanol–water partition coefficient (Wildman–Crippen LogP) is 3.11. The number of ether oxygens (including phenoxy) is 1. The van der Waals surface area contributed by atoms with Crippen LogP contribution in [0.2, 0.25) is 0 Å². The fourth-order valence-corrected chi connectivity index (χ4v) is 3.07. The zero-order valence-electron chi connectivity index (χ0n) is 11.4. The molecule has 2 unspecified atom stereocenters. The predicted molar refractivity (Wildman–Crippen MR) is 76.8 cm³/mol. The standard InChI is InChI=1S/C17H19NO2/c19-17(12-5-6-12)13-7-8-18(9-13)10-14-11-20-16-4-2-1-3-15(14)16/h1-4,7-9,12,14,17,19H,5-6,10-11H2. The van der Waals surface area contributed by atoms with E-state index in [1.165, 1.54) is 5.56 Å². The number of nitrogens with zero attached hydrogens (tertiary/aromatic N) is 1. The highest BCUT2D eigenvalue weighted by atomic mass is 16.5. The molecule has 1 saturated carbocycles. The van der Waals surface area contributed by atoms with Gasteiger partial charge in [0, 0.05) is 30.4 Å². The molecule has 1 aliphatic heterocycles. The van der Waals surface area contributed by atoms with Crippen molar-refractivity contribution in [3.63, 3.8) is 0 Å². The van der Waals surface area contributed by atoms with Gasteiger partial charge in [-0.3, -0.25) is 0 Å². The molecule has 20 heavy (non-hydrogen) atoms. The molecule has 1 aromatic heterocycles. The lowest BCUT2D eigenvalue weighted by Gasteiger charge is -2.10. The summed E-state index contributed by atoms with van der Waals surface area (Å²) in [7, 11) is 0. The molecule has 2 aromatic rings. The molecule has 0 spiro atoms. The van der Waals surface area contributed by atoms with E-state index in [1.54, 1.807) is 0 Å². The zero-order valence-corrected chi connectivity index (χ0v) is 11.4. The summed E-state index contributed by atoms with van der Waals surface area (Å²) in [5.41, 5.74) is 2.35. The molecule has 1 fully saturated rings. The smallest absolute Gasteiger partial charge is 0.122 e. The van der Waals surface area contributed by atoms with Crippen LogP contribution in [0.5, 0.6) is 5.75 Å². The third kappa shape index (κ3) is 2.12. The van der Waals surface area contributed by atoms with Gasteiger partial charge in [-0.25, -0.2) is 0 Å². The SMILES string of the molecule is OC(c1ccn(CC2COc3ccccc32)c1)C1CC1. The molecule has 0 amide bonds. The van der Waals surface area contributed by atoms with Crippen LogP contribution < -0.4 is 4.74 Å². The summed E-state index contributed by atoms with van der Waals surface area (Å²) < 4.78 is 7.90. The van der Waals surface area contributed by atoms with Crippen molar-refractivity contribution in [3.8, 4) is 5.75 Å². The first-order valence-electron chi connectivity index (χ1n) is 7.37. The first-order chi connectivity index (χ1) is 9.81. The summed E-state index contributed by atoms with van der Waals surface area (Å²) in [6.07, 6.45) is 6.21. The van der Waals surface area contributed by atoms with Gasteiger partial charge in [0.1, 0.15) is 5.75 Å². The largest absolute Gasteiger partial charge is 0.493 e. The molecule has 1 aliphatic carbocycles. The molecule has 104 valence electrons. The highest BCUT2D eigenvalue weighted by molar-refractivity contribution is 5.39. The number of hydrogen-bond acceptors (Lipinski definition) is 2. The van der Waals surface area contributed by atoms with Crippen LogP contribution >= 0.6 is 0 Å². The second-order valence-electron chi connectivity index (χ2n) is 5.97. The van der Waals surface area contributed by atoms with Crippen LogP contribution in [0.4, 0.5) is 0 Å². The number of aliphatic hydroxyl groups excluding tert-OH is 1. The Kier molecular flexibility index (Phi) is 2.81. The second-order valence-corrected chi connectivity index (χ2v) is 5.97. The summed E-state index contributed by atoms with van der Waals surface area (Å²) in [6.45, 7) is 1.66. The van der Waals surface area contributed by atoms with Crippen LogP contribution in [0.15, 0.2) is 42.7 Å². The van der Waals surface area contributed by atoms with Crippen molar-refractivity contribution >= 4 is 0 Å². The van der Waals surface area contributed by atoms with Crippen LogP contribution in [0.25, 0.3) is 0 Å². The highest BCUT2D eigenvalue weighted by Crippen LogP contribution is 2.41. The molecule has 2 aliphatic rings. The number of aliphatic hydroxyl groups is 1. The Hall–Kier alpha value is -1.74. The minimum Gasteiger partial charge on any atom is -0.493 e. The van der Waals surface area contributed by atoms with E-state index >= 15 is 0 Å². The van der Waals surface area contributed by atoms with E-state index in [0.717, 1.165) is 37.3 Å². The maximum absolute atomic E-state index is 10.2. The first-order valence-corrected chi connectivity index (χ1v) is 7.37. The van der Waals surface area contributed by atoms with Gasteiger partial charge in [0.05, 0.1) is 12.7 Å². The molecule has 0 bridgehead atoms. The van der Waals surface area contributed by atoms with Gasteiger partial charge in [-0.15, -0.1) is 0 Å². The first kappa shape index (κ1) is 12.0. The highest BCUT2D eigenvalue weighted by Gasteiger charge is 2.31. The lowest BCUT2D eigenvalue weighted by Crippen LogP contribution is -2.09. The van der Waals surface area contributed by atoms with Gasteiger partial charge in [0.25, 0.3) is 0 Å². The summed E-state index contributed by atoms with van der Waals surface area (Å²) in [5, 5.41) is 10.2. The van der Waals surface area contributed by atoms with Gasteiger partial charge in [-0.1, -0.05) is 18.2 Å². The summed E-state index contributed by atoms with van der Waals surface area (Å²) in [6, 6.07) is 10.3. The summed E-state index contributed by atoms with van der Waals surface area (Å²) >= 11 is 0. The third-order valence-corrected chi connectivity index (χ3v) is 4.41. The Morgan fingerprint density at radius 1 is 1.25 bits per heavy atom. The van der Waals surface area contributed by atoms with E-state index in [2.05, 4.69) is 29.1 Å². The normalized spacial score (nSPS) is 22.4. The average molecular weight is 269 g/mol. The van der Waals surface area contributed by atoms with Crippen LogP contribution in [-0.2, 0) is 6.54 Å². The number of benzene rings is 1. The van der Waals surface area contributed by atoms with E-state index in [0.29, 0.717) is 11.8 Å². The van der Waals surface area contributed by atoms with Gasteiger partial charge in [-0.2, -0.15) is 0 Å². The number of hydrogen-bond donors (Lipinski definition) is 1. The zero-order chi connectivity index (χ0) is 13.5. The van der Waals surface area contributed by atoms with Crippen molar-refractivity contribution in [2.75, 3.05) is 6.61 Å². The summed E-state index contributed by atoms with van der Waals surface area (Å²) in [4.78, 5) is 0. The molecule has 2 atom stereocenters. The average Bonchev–Trinajstić information content (AvgIpc) is 3.10. The number of rotatable bonds is 4. The van der Waals surface area contributed by atoms with E-state index in [9.17, 15) is 5.11 Å². The van der Waals surface area contributed by atoms with Crippen LogP contribution in [0, 0.1) is 5.92 Å². The van der Waals surface area contributed by atoms with Crippen molar-refractivity contribution in [2.45, 2.75) is 31.4 Å². The molecule has 4 rings (SSSR count). The topological polar surface area (TPSA) is 34.4 Å². The Labute approximate surface area is 118 Å². The molecule has 0 saturated heterocycles. The molecular formula is C17H19NO2. The fraction of sp³-hybridized carbons (Fsp3) is 0.412. The maximum atomic E-state index is 10.2. The summed E-state index contributed by atoms with van der Waals surface area (Å²) in [5.74, 6) is 1.91. The Balaban J connectivity index is 1.50. The minimum absolute atomic E-state index is 0.275. The van der Waals surface area contributed by atoms with Crippen LogP contribution in [-0.4, -0.2) is 16.3 Å². The molecule has 2 heterocycles. The van der Waals surface area contributed by atoms with Gasteiger partial charge >= 0.3 is 0 Å². The molecule has 3 nitrogen and oxygen atoms in total. The lowest BCUT2D eigenvalue weighted by molar-refractivity contribution is 0.153. The Morgan fingerprint density at radius 2 is 2.10 bits per heavy atom. The number of aromatic nitrogens is 1. The van der Waals surface area contributed by atoms with E-state index in [1.807, 2.05) is 18.2 Å². The maximum Gasteiger partial charge on any atom is 0.122 e. The van der Waals surface area contributed by atoms with E-state index in [-0.39, 0.29) is 6.10 Å². The van der Waals surface area contributed by atoms with Gasteiger partial charge in [0.2, 0.25) is 0 Å². The quantitative estimate of drug-likeness (QED) is 0.925. The number of fused-ring (bicyclic) bond motifs is 1.